The minimum absolute atomic E-state index is 0.179. The van der Waals surface area contributed by atoms with E-state index in [9.17, 15) is 13.8 Å². The molecule has 17 heavy (non-hydrogen) atoms. The number of carboxylic acids is 1. The van der Waals surface area contributed by atoms with Gasteiger partial charge in [-0.1, -0.05) is 6.92 Å². The maximum Gasteiger partial charge on any atom is 0.318 e. The van der Waals surface area contributed by atoms with Crippen LogP contribution in [0.15, 0.2) is 0 Å². The largest absolute Gasteiger partial charge is 0.480 e. The van der Waals surface area contributed by atoms with Gasteiger partial charge < -0.3 is 10.0 Å². The number of carbonyl (C=O) groups excluding carboxylic acids is 1. The van der Waals surface area contributed by atoms with Gasteiger partial charge in [0.1, 0.15) is 11.0 Å². The van der Waals surface area contributed by atoms with E-state index in [0.717, 1.165) is 12.8 Å². The summed E-state index contributed by atoms with van der Waals surface area (Å²) in [6, 6.07) is 0. The Balaban J connectivity index is 2.44. The average Bonchev–Trinajstić information content (AvgIpc) is 2.28. The maximum atomic E-state index is 11.8. The molecule has 1 rings (SSSR count). The van der Waals surface area contributed by atoms with Crippen LogP contribution in [0.3, 0.4) is 0 Å². The minimum atomic E-state index is -1.63. The molecule has 0 aliphatic carbocycles. The van der Waals surface area contributed by atoms with Crippen LogP contribution in [-0.4, -0.2) is 50.2 Å². The standard InChI is InChI=1S/C11H19NO4S/c1-8-3-5-12(6-4-8)10(13)7-17(16)9(2)11(14)15/h8-9H,3-7H2,1-2H3,(H,14,15). The molecule has 0 aromatic heterocycles. The van der Waals surface area contributed by atoms with E-state index in [0.29, 0.717) is 19.0 Å². The van der Waals surface area contributed by atoms with E-state index < -0.39 is 22.0 Å². The van der Waals surface area contributed by atoms with Crippen LogP contribution in [0, 0.1) is 5.92 Å². The van der Waals surface area contributed by atoms with Crippen molar-refractivity contribution in [2.24, 2.45) is 5.92 Å². The lowest BCUT2D eigenvalue weighted by molar-refractivity contribution is -0.136. The van der Waals surface area contributed by atoms with Gasteiger partial charge in [0, 0.05) is 23.9 Å². The first-order valence-electron chi connectivity index (χ1n) is 5.79. The van der Waals surface area contributed by atoms with Crippen LogP contribution in [0.2, 0.25) is 0 Å². The number of nitrogens with zero attached hydrogens (tertiary/aromatic N) is 1. The molecule has 5 nitrogen and oxygen atoms in total. The van der Waals surface area contributed by atoms with E-state index in [4.69, 9.17) is 5.11 Å². The molecule has 1 amide bonds. The number of carboxylic acid groups (broad SMARTS) is 1. The van der Waals surface area contributed by atoms with Gasteiger partial charge in [-0.05, 0) is 25.7 Å². The third kappa shape index (κ3) is 4.11. The van der Waals surface area contributed by atoms with E-state index in [1.54, 1.807) is 4.90 Å². The number of likely N-dealkylation sites (tertiary alicyclic amines) is 1. The Kier molecular flexibility index (Phi) is 5.11. The highest BCUT2D eigenvalue weighted by atomic mass is 32.2. The van der Waals surface area contributed by atoms with E-state index in [-0.39, 0.29) is 11.7 Å². The highest BCUT2D eigenvalue weighted by molar-refractivity contribution is 7.87. The molecule has 0 radical (unpaired) electrons. The molecule has 0 saturated carbocycles. The summed E-state index contributed by atoms with van der Waals surface area (Å²) < 4.78 is 11.6. The van der Waals surface area contributed by atoms with Crippen molar-refractivity contribution < 1.29 is 18.9 Å². The average molecular weight is 261 g/mol. The molecule has 0 spiro atoms. The van der Waals surface area contributed by atoms with E-state index in [2.05, 4.69) is 6.92 Å². The number of rotatable bonds is 4. The Labute approximate surface area is 104 Å². The molecule has 1 aliphatic rings. The summed E-state index contributed by atoms with van der Waals surface area (Å²) in [6.45, 7) is 4.90. The highest BCUT2D eigenvalue weighted by Gasteiger charge is 2.25. The maximum absolute atomic E-state index is 11.8. The summed E-state index contributed by atoms with van der Waals surface area (Å²) in [5, 5.41) is 7.71. The van der Waals surface area contributed by atoms with Crippen molar-refractivity contribution in [3.05, 3.63) is 0 Å². The van der Waals surface area contributed by atoms with Gasteiger partial charge in [-0.25, -0.2) is 0 Å². The lowest BCUT2D eigenvalue weighted by Gasteiger charge is -2.30. The topological polar surface area (TPSA) is 74.7 Å². The molecular formula is C11H19NO4S. The molecule has 1 fully saturated rings. The van der Waals surface area contributed by atoms with Crippen molar-refractivity contribution in [1.29, 1.82) is 0 Å². The Hall–Kier alpha value is -0.910. The van der Waals surface area contributed by atoms with E-state index >= 15 is 0 Å². The number of aliphatic carboxylic acids is 1. The van der Waals surface area contributed by atoms with Crippen molar-refractivity contribution in [3.63, 3.8) is 0 Å². The predicted molar refractivity (Wildman–Crippen MR) is 65.1 cm³/mol. The second-order valence-electron chi connectivity index (χ2n) is 4.57. The van der Waals surface area contributed by atoms with Crippen LogP contribution < -0.4 is 0 Å². The molecule has 2 unspecified atom stereocenters. The van der Waals surface area contributed by atoms with Gasteiger partial charge in [0.05, 0.1) is 0 Å². The molecule has 0 bridgehead atoms. The fraction of sp³-hybridized carbons (Fsp3) is 0.818. The summed E-state index contributed by atoms with van der Waals surface area (Å²) >= 11 is 0. The Morgan fingerprint density at radius 2 is 1.94 bits per heavy atom. The summed E-state index contributed by atoms with van der Waals surface area (Å²) in [7, 11) is -1.63. The number of amides is 1. The number of carbonyl (C=O) groups is 2. The summed E-state index contributed by atoms with van der Waals surface area (Å²) in [5.74, 6) is -0.865. The summed E-state index contributed by atoms with van der Waals surface area (Å²) in [4.78, 5) is 24.1. The van der Waals surface area contributed by atoms with Crippen LogP contribution >= 0.6 is 0 Å². The SMILES string of the molecule is CC1CCN(C(=O)CS(=O)C(C)C(=O)O)CC1. The summed E-state index contributed by atoms with van der Waals surface area (Å²) in [6.07, 6.45) is 1.93. The van der Waals surface area contributed by atoms with Gasteiger partial charge in [-0.15, -0.1) is 0 Å². The van der Waals surface area contributed by atoms with Gasteiger partial charge in [0.15, 0.2) is 0 Å². The molecule has 1 N–H and O–H groups in total. The van der Waals surface area contributed by atoms with Crippen molar-refractivity contribution in [2.45, 2.75) is 31.9 Å². The lowest BCUT2D eigenvalue weighted by atomic mass is 9.99. The van der Waals surface area contributed by atoms with Gasteiger partial charge in [0.2, 0.25) is 5.91 Å². The molecule has 98 valence electrons. The first kappa shape index (κ1) is 14.2. The Bertz CT molecular complexity index is 323. The normalized spacial score (nSPS) is 20.9. The first-order valence-corrected chi connectivity index (χ1v) is 7.17. The molecule has 6 heteroatoms. The monoisotopic (exact) mass is 261 g/mol. The Morgan fingerprint density at radius 3 is 2.41 bits per heavy atom. The zero-order valence-corrected chi connectivity index (χ0v) is 11.0. The molecule has 2 atom stereocenters. The Morgan fingerprint density at radius 1 is 1.41 bits per heavy atom. The van der Waals surface area contributed by atoms with Gasteiger partial charge in [0.25, 0.3) is 0 Å². The molecule has 1 heterocycles. The quantitative estimate of drug-likeness (QED) is 0.798. The molecule has 0 aromatic rings. The fourth-order valence-electron chi connectivity index (χ4n) is 1.71. The number of hydrogen-bond acceptors (Lipinski definition) is 3. The second kappa shape index (κ2) is 6.14. The van der Waals surface area contributed by atoms with Gasteiger partial charge in [-0.3, -0.25) is 13.8 Å². The van der Waals surface area contributed by atoms with Crippen LogP contribution in [0.5, 0.6) is 0 Å². The van der Waals surface area contributed by atoms with Gasteiger partial charge in [-0.2, -0.15) is 0 Å². The lowest BCUT2D eigenvalue weighted by Crippen LogP contribution is -2.41. The smallest absolute Gasteiger partial charge is 0.318 e. The van der Waals surface area contributed by atoms with Crippen LogP contribution in [-0.2, 0) is 20.4 Å². The van der Waals surface area contributed by atoms with E-state index in [1.165, 1.54) is 6.92 Å². The van der Waals surface area contributed by atoms with Crippen LogP contribution in [0.4, 0.5) is 0 Å². The minimum Gasteiger partial charge on any atom is -0.480 e. The van der Waals surface area contributed by atoms with E-state index in [1.807, 2.05) is 0 Å². The molecule has 1 saturated heterocycles. The predicted octanol–water partition coefficient (Wildman–Crippen LogP) is 0.467. The number of hydrogen-bond donors (Lipinski definition) is 1. The highest BCUT2D eigenvalue weighted by Crippen LogP contribution is 2.16. The van der Waals surface area contributed by atoms with Gasteiger partial charge >= 0.3 is 5.97 Å². The molecule has 1 aliphatic heterocycles. The molecule has 0 aromatic carbocycles. The zero-order valence-electron chi connectivity index (χ0n) is 10.2. The van der Waals surface area contributed by atoms with Crippen LogP contribution in [0.1, 0.15) is 26.7 Å². The zero-order chi connectivity index (χ0) is 13.0. The van der Waals surface area contributed by atoms with Crippen molar-refractivity contribution in [2.75, 3.05) is 18.8 Å². The molecular weight excluding hydrogens is 242 g/mol. The van der Waals surface area contributed by atoms with Crippen molar-refractivity contribution in [1.82, 2.24) is 4.90 Å². The van der Waals surface area contributed by atoms with Crippen molar-refractivity contribution >= 4 is 22.7 Å². The summed E-state index contributed by atoms with van der Waals surface area (Å²) in [5.41, 5.74) is 0. The second-order valence-corrected chi connectivity index (χ2v) is 6.33. The third-order valence-electron chi connectivity index (χ3n) is 3.14. The number of piperidine rings is 1. The first-order chi connectivity index (χ1) is 7.91. The third-order valence-corrected chi connectivity index (χ3v) is 4.67. The van der Waals surface area contributed by atoms with Crippen LogP contribution in [0.25, 0.3) is 0 Å². The van der Waals surface area contributed by atoms with Crippen molar-refractivity contribution in [3.8, 4) is 0 Å². The fourth-order valence-corrected chi connectivity index (χ4v) is 2.61.